The lowest BCUT2D eigenvalue weighted by Gasteiger charge is -2.16. The van der Waals surface area contributed by atoms with Gasteiger partial charge >= 0.3 is 5.97 Å². The van der Waals surface area contributed by atoms with Gasteiger partial charge in [-0.3, -0.25) is 4.79 Å². The van der Waals surface area contributed by atoms with Gasteiger partial charge in [-0.05, 0) is 18.1 Å². The molecule has 24 heavy (non-hydrogen) atoms. The zero-order valence-corrected chi connectivity index (χ0v) is 13.0. The fourth-order valence-electron chi connectivity index (χ4n) is 2.96. The molecule has 8 heteroatoms. The number of ether oxygens (including phenoxy) is 1. The SMILES string of the molecule is O=C(O)COCC(=O)N1C[C@@H](Cc2ccc3nccn3c2)[C@@H](O)C1. The Morgan fingerprint density at radius 2 is 2.12 bits per heavy atom. The minimum absolute atomic E-state index is 0.0607. The Morgan fingerprint density at radius 3 is 2.92 bits per heavy atom. The van der Waals surface area contributed by atoms with Crippen LogP contribution in [0.1, 0.15) is 5.56 Å². The number of hydrogen-bond acceptors (Lipinski definition) is 5. The normalized spacial score (nSPS) is 20.6. The average molecular weight is 333 g/mol. The van der Waals surface area contributed by atoms with Crippen molar-refractivity contribution < 1.29 is 24.5 Å². The van der Waals surface area contributed by atoms with Crippen molar-refractivity contribution in [2.75, 3.05) is 26.3 Å². The van der Waals surface area contributed by atoms with E-state index in [0.717, 1.165) is 11.2 Å². The summed E-state index contributed by atoms with van der Waals surface area (Å²) in [5, 5.41) is 18.7. The lowest BCUT2D eigenvalue weighted by molar-refractivity contribution is -0.145. The summed E-state index contributed by atoms with van der Waals surface area (Å²) >= 11 is 0. The van der Waals surface area contributed by atoms with Crippen molar-refractivity contribution in [2.24, 2.45) is 5.92 Å². The number of nitrogens with zero attached hydrogens (tertiary/aromatic N) is 3. The maximum absolute atomic E-state index is 12.0. The highest BCUT2D eigenvalue weighted by Crippen LogP contribution is 2.22. The van der Waals surface area contributed by atoms with Crippen LogP contribution in [-0.2, 0) is 20.7 Å². The van der Waals surface area contributed by atoms with Gasteiger partial charge in [0.15, 0.2) is 0 Å². The van der Waals surface area contributed by atoms with Gasteiger partial charge < -0.3 is 24.3 Å². The van der Waals surface area contributed by atoms with Crippen LogP contribution in [0.5, 0.6) is 0 Å². The van der Waals surface area contributed by atoms with Crippen molar-refractivity contribution >= 4 is 17.5 Å². The molecule has 1 amide bonds. The molecule has 3 heterocycles. The molecule has 1 saturated heterocycles. The Balaban J connectivity index is 1.57. The maximum Gasteiger partial charge on any atom is 0.329 e. The summed E-state index contributed by atoms with van der Waals surface area (Å²) < 4.78 is 6.73. The Hall–Kier alpha value is -2.45. The number of β-amino-alcohol motifs (C(OH)–C–C–N with tert-alkyl or cyclic N) is 1. The highest BCUT2D eigenvalue weighted by molar-refractivity contribution is 5.78. The first-order chi connectivity index (χ1) is 11.5. The van der Waals surface area contributed by atoms with Crippen molar-refractivity contribution in [3.63, 3.8) is 0 Å². The Morgan fingerprint density at radius 1 is 1.29 bits per heavy atom. The lowest BCUT2D eigenvalue weighted by Crippen LogP contribution is -2.33. The number of carbonyl (C=O) groups is 2. The van der Waals surface area contributed by atoms with Crippen molar-refractivity contribution in [3.05, 3.63) is 36.3 Å². The summed E-state index contributed by atoms with van der Waals surface area (Å²) in [6, 6.07) is 3.88. The van der Waals surface area contributed by atoms with Gasteiger partial charge in [0.05, 0.1) is 6.10 Å². The molecular weight excluding hydrogens is 314 g/mol. The number of imidazole rings is 1. The number of amides is 1. The summed E-state index contributed by atoms with van der Waals surface area (Å²) in [7, 11) is 0. The van der Waals surface area contributed by atoms with E-state index in [0.29, 0.717) is 13.0 Å². The lowest BCUT2D eigenvalue weighted by atomic mass is 9.98. The van der Waals surface area contributed by atoms with Crippen molar-refractivity contribution in [2.45, 2.75) is 12.5 Å². The molecule has 0 aromatic carbocycles. The van der Waals surface area contributed by atoms with Crippen LogP contribution in [0.3, 0.4) is 0 Å². The first-order valence-electron chi connectivity index (χ1n) is 7.70. The van der Waals surface area contributed by atoms with Gasteiger partial charge in [0.25, 0.3) is 0 Å². The third kappa shape index (κ3) is 3.72. The monoisotopic (exact) mass is 333 g/mol. The number of likely N-dealkylation sites (tertiary alicyclic amines) is 1. The second-order valence-electron chi connectivity index (χ2n) is 5.95. The molecule has 0 unspecified atom stereocenters. The molecule has 0 radical (unpaired) electrons. The Labute approximate surface area is 138 Å². The molecule has 2 aromatic heterocycles. The summed E-state index contributed by atoms with van der Waals surface area (Å²) in [5.41, 5.74) is 1.92. The van der Waals surface area contributed by atoms with Crippen LogP contribution in [0.15, 0.2) is 30.7 Å². The summed E-state index contributed by atoms with van der Waals surface area (Å²) in [6.45, 7) is -0.116. The minimum atomic E-state index is -1.11. The second kappa shape index (κ2) is 6.98. The van der Waals surface area contributed by atoms with Gasteiger partial charge in [0.2, 0.25) is 5.91 Å². The molecule has 128 valence electrons. The molecule has 2 atom stereocenters. The van der Waals surface area contributed by atoms with Crippen molar-refractivity contribution in [1.29, 1.82) is 0 Å². The Kier molecular flexibility index (Phi) is 4.77. The number of carboxylic acids is 1. The number of fused-ring (bicyclic) bond motifs is 1. The molecule has 0 spiro atoms. The maximum atomic E-state index is 12.0. The Bertz CT molecular complexity index is 744. The number of carbonyl (C=O) groups excluding carboxylic acids is 1. The van der Waals surface area contributed by atoms with Crippen LogP contribution in [0.2, 0.25) is 0 Å². The van der Waals surface area contributed by atoms with E-state index in [-0.39, 0.29) is 25.0 Å². The third-order valence-electron chi connectivity index (χ3n) is 4.16. The zero-order chi connectivity index (χ0) is 17.1. The highest BCUT2D eigenvalue weighted by Gasteiger charge is 2.33. The molecule has 3 rings (SSSR count). The fraction of sp³-hybridized carbons (Fsp3) is 0.438. The third-order valence-corrected chi connectivity index (χ3v) is 4.16. The number of aliphatic hydroxyl groups is 1. The quantitative estimate of drug-likeness (QED) is 0.758. The number of aromatic nitrogens is 2. The molecule has 1 aliphatic heterocycles. The molecule has 1 aliphatic rings. The molecule has 0 bridgehead atoms. The van der Waals surface area contributed by atoms with E-state index < -0.39 is 18.7 Å². The first kappa shape index (κ1) is 16.4. The van der Waals surface area contributed by atoms with Crippen LogP contribution in [0.4, 0.5) is 0 Å². The fourth-order valence-corrected chi connectivity index (χ4v) is 2.96. The largest absolute Gasteiger partial charge is 0.480 e. The predicted molar refractivity (Wildman–Crippen MR) is 83.4 cm³/mol. The van der Waals surface area contributed by atoms with Crippen LogP contribution in [0.25, 0.3) is 5.65 Å². The van der Waals surface area contributed by atoms with E-state index in [1.165, 1.54) is 4.90 Å². The average Bonchev–Trinajstić information content (AvgIpc) is 3.13. The smallest absolute Gasteiger partial charge is 0.329 e. The van der Waals surface area contributed by atoms with Crippen molar-refractivity contribution in [1.82, 2.24) is 14.3 Å². The van der Waals surface area contributed by atoms with Gasteiger partial charge in [0.1, 0.15) is 18.9 Å². The minimum Gasteiger partial charge on any atom is -0.480 e. The van der Waals surface area contributed by atoms with E-state index in [4.69, 9.17) is 9.84 Å². The van der Waals surface area contributed by atoms with Gasteiger partial charge in [0, 0.05) is 37.6 Å². The molecule has 0 saturated carbocycles. The first-order valence-corrected chi connectivity index (χ1v) is 7.70. The van der Waals surface area contributed by atoms with Gasteiger partial charge in [-0.2, -0.15) is 0 Å². The van der Waals surface area contributed by atoms with E-state index in [1.54, 1.807) is 6.20 Å². The van der Waals surface area contributed by atoms with Crippen LogP contribution >= 0.6 is 0 Å². The highest BCUT2D eigenvalue weighted by atomic mass is 16.5. The van der Waals surface area contributed by atoms with Gasteiger partial charge in [-0.1, -0.05) is 6.07 Å². The van der Waals surface area contributed by atoms with Crippen LogP contribution in [-0.4, -0.2) is 68.8 Å². The zero-order valence-electron chi connectivity index (χ0n) is 13.0. The standard InChI is InChI=1S/C16H19N3O5/c20-13-8-19(15(21)9-24-10-16(22)23)7-12(13)5-11-1-2-14-17-3-4-18(14)6-11/h1-4,6,12-13,20H,5,7-10H2,(H,22,23)/t12-,13+/m1/s1. The van der Waals surface area contributed by atoms with E-state index in [2.05, 4.69) is 4.98 Å². The van der Waals surface area contributed by atoms with Crippen LogP contribution in [0, 0.1) is 5.92 Å². The number of hydrogen-bond donors (Lipinski definition) is 2. The topological polar surface area (TPSA) is 104 Å². The molecular formula is C16H19N3O5. The van der Waals surface area contributed by atoms with Gasteiger partial charge in [-0.15, -0.1) is 0 Å². The number of pyridine rings is 1. The molecule has 0 aliphatic carbocycles. The second-order valence-corrected chi connectivity index (χ2v) is 5.95. The molecule has 2 N–H and O–H groups in total. The predicted octanol–water partition coefficient (Wildman–Crippen LogP) is -0.203. The summed E-state index contributed by atoms with van der Waals surface area (Å²) in [5.74, 6) is -1.48. The summed E-state index contributed by atoms with van der Waals surface area (Å²) in [6.07, 6.45) is 5.59. The number of aliphatic carboxylic acids is 1. The van der Waals surface area contributed by atoms with E-state index in [9.17, 15) is 14.7 Å². The molecule has 1 fully saturated rings. The van der Waals surface area contributed by atoms with Crippen LogP contribution < -0.4 is 0 Å². The number of rotatable bonds is 6. The summed E-state index contributed by atoms with van der Waals surface area (Å²) in [4.78, 5) is 28.1. The van der Waals surface area contributed by atoms with Crippen molar-refractivity contribution in [3.8, 4) is 0 Å². The van der Waals surface area contributed by atoms with E-state index in [1.807, 2.05) is 28.9 Å². The number of aliphatic hydroxyl groups excluding tert-OH is 1. The number of carboxylic acid groups (broad SMARTS) is 1. The molecule has 2 aromatic rings. The van der Waals surface area contributed by atoms with Gasteiger partial charge in [-0.25, -0.2) is 9.78 Å². The molecule has 8 nitrogen and oxygen atoms in total. The van der Waals surface area contributed by atoms with E-state index >= 15 is 0 Å².